The Morgan fingerprint density at radius 2 is 2.09 bits per heavy atom. The fraction of sp³-hybridized carbons (Fsp3) is 0.312. The van der Waals surface area contributed by atoms with Crippen molar-refractivity contribution in [3.63, 3.8) is 0 Å². The lowest BCUT2D eigenvalue weighted by atomic mass is 10.2. The van der Waals surface area contributed by atoms with Crippen LogP contribution in [0.15, 0.2) is 41.2 Å². The lowest BCUT2D eigenvalue weighted by molar-refractivity contribution is 0.155. The fourth-order valence-corrected chi connectivity index (χ4v) is 2.46. The van der Waals surface area contributed by atoms with E-state index in [1.54, 1.807) is 4.57 Å². The van der Waals surface area contributed by atoms with Gasteiger partial charge in [0.05, 0.1) is 0 Å². The molecule has 1 amide bonds. The topological polar surface area (TPSA) is 76.1 Å². The van der Waals surface area contributed by atoms with E-state index in [0.717, 1.165) is 12.0 Å². The van der Waals surface area contributed by atoms with Crippen LogP contribution in [0.3, 0.4) is 0 Å². The number of benzene rings is 1. The number of hydrogen-bond acceptors (Lipinski definition) is 4. The summed E-state index contributed by atoms with van der Waals surface area (Å²) in [6.45, 7) is 4.10. The van der Waals surface area contributed by atoms with Gasteiger partial charge < -0.3 is 9.30 Å². The van der Waals surface area contributed by atoms with Crippen molar-refractivity contribution in [1.82, 2.24) is 9.55 Å². The molecule has 23 heavy (non-hydrogen) atoms. The molecule has 0 saturated heterocycles. The number of ether oxygens (including phenoxy) is 1. The lowest BCUT2D eigenvalue weighted by Gasteiger charge is -2.19. The number of hydrogen-bond donors (Lipinski definition) is 2. The van der Waals surface area contributed by atoms with E-state index in [4.69, 9.17) is 17.0 Å². The van der Waals surface area contributed by atoms with E-state index >= 15 is 0 Å². The number of amides is 1. The number of anilines is 1. The Hall–Kier alpha value is -2.41. The van der Waals surface area contributed by atoms with Gasteiger partial charge in [-0.25, -0.2) is 4.79 Å². The predicted molar refractivity (Wildman–Crippen MR) is 91.1 cm³/mol. The number of aromatic amines is 1. The summed E-state index contributed by atoms with van der Waals surface area (Å²) in [5, 5.41) is 2.59. The average molecular weight is 333 g/mol. The molecule has 7 heteroatoms. The van der Waals surface area contributed by atoms with Gasteiger partial charge in [-0.2, -0.15) is 0 Å². The van der Waals surface area contributed by atoms with Crippen LogP contribution in [0.4, 0.5) is 10.6 Å². The van der Waals surface area contributed by atoms with Crippen molar-refractivity contribution in [2.24, 2.45) is 0 Å². The van der Waals surface area contributed by atoms with Crippen molar-refractivity contribution >= 4 is 24.1 Å². The van der Waals surface area contributed by atoms with Gasteiger partial charge in [0.25, 0.3) is 5.56 Å². The highest BCUT2D eigenvalue weighted by atomic mass is 32.1. The molecule has 0 aliphatic rings. The molecule has 2 rings (SSSR count). The van der Waals surface area contributed by atoms with Crippen LogP contribution in [0.1, 0.15) is 31.9 Å². The van der Waals surface area contributed by atoms with Crippen LogP contribution < -0.4 is 10.9 Å². The Labute approximate surface area is 139 Å². The van der Waals surface area contributed by atoms with Crippen LogP contribution in [0.2, 0.25) is 0 Å². The van der Waals surface area contributed by atoms with E-state index in [1.807, 2.05) is 44.2 Å². The molecule has 6 nitrogen and oxygen atoms in total. The molecule has 0 aliphatic heterocycles. The van der Waals surface area contributed by atoms with Crippen molar-refractivity contribution in [3.05, 3.63) is 57.1 Å². The third-order valence-electron chi connectivity index (χ3n) is 3.45. The highest BCUT2D eigenvalue weighted by Gasteiger charge is 2.13. The van der Waals surface area contributed by atoms with Gasteiger partial charge in [-0.1, -0.05) is 37.3 Å². The van der Waals surface area contributed by atoms with E-state index in [1.165, 1.54) is 6.07 Å². The molecule has 1 aromatic carbocycles. The monoisotopic (exact) mass is 333 g/mol. The summed E-state index contributed by atoms with van der Waals surface area (Å²) in [7, 11) is 0. The SMILES string of the molecule is CCC(C)n1c(NC(=O)OCc2ccccc2)cc(=O)[nH]c1=S. The minimum Gasteiger partial charge on any atom is -0.444 e. The molecule has 2 N–H and O–H groups in total. The van der Waals surface area contributed by atoms with Gasteiger partial charge in [-0.3, -0.25) is 15.1 Å². The molecule has 1 atom stereocenters. The largest absolute Gasteiger partial charge is 0.444 e. The van der Waals surface area contributed by atoms with Gasteiger partial charge in [0, 0.05) is 12.1 Å². The van der Waals surface area contributed by atoms with Crippen molar-refractivity contribution in [3.8, 4) is 0 Å². The number of nitrogens with one attached hydrogen (secondary N) is 2. The Kier molecular flexibility index (Phi) is 5.70. The summed E-state index contributed by atoms with van der Waals surface area (Å²) >= 11 is 5.18. The molecule has 0 bridgehead atoms. The molecule has 0 aliphatic carbocycles. The Morgan fingerprint density at radius 3 is 2.74 bits per heavy atom. The maximum atomic E-state index is 12.0. The van der Waals surface area contributed by atoms with Crippen molar-refractivity contribution in [1.29, 1.82) is 0 Å². The quantitative estimate of drug-likeness (QED) is 0.819. The van der Waals surface area contributed by atoms with E-state index in [2.05, 4.69) is 10.3 Å². The molecule has 1 heterocycles. The summed E-state index contributed by atoms with van der Waals surface area (Å²) in [4.78, 5) is 26.1. The van der Waals surface area contributed by atoms with Gasteiger partial charge in [-0.15, -0.1) is 0 Å². The Morgan fingerprint density at radius 1 is 1.39 bits per heavy atom. The second-order valence-electron chi connectivity index (χ2n) is 5.14. The summed E-state index contributed by atoms with van der Waals surface area (Å²) < 4.78 is 7.13. The third kappa shape index (κ3) is 4.53. The predicted octanol–water partition coefficient (Wildman–Crippen LogP) is 3.63. The number of rotatable bonds is 5. The highest BCUT2D eigenvalue weighted by molar-refractivity contribution is 7.71. The first-order valence-corrected chi connectivity index (χ1v) is 7.75. The van der Waals surface area contributed by atoms with Gasteiger partial charge in [-0.05, 0) is 31.1 Å². The van der Waals surface area contributed by atoms with E-state index in [9.17, 15) is 9.59 Å². The Balaban J connectivity index is 2.14. The standard InChI is InChI=1S/C16H19N3O3S/c1-3-11(2)19-13(9-14(20)18-15(19)23)17-16(21)22-10-12-7-5-4-6-8-12/h4-9,11H,3,10H2,1-2H3,(H,17,21)(H,18,20,23). The number of nitrogens with zero attached hydrogens (tertiary/aromatic N) is 1. The van der Waals surface area contributed by atoms with Crippen molar-refractivity contribution in [2.75, 3.05) is 5.32 Å². The second kappa shape index (κ2) is 7.73. The van der Waals surface area contributed by atoms with Crippen LogP contribution in [-0.2, 0) is 11.3 Å². The first-order valence-electron chi connectivity index (χ1n) is 7.34. The van der Waals surface area contributed by atoms with Gasteiger partial charge in [0.15, 0.2) is 4.77 Å². The maximum absolute atomic E-state index is 12.0. The highest BCUT2D eigenvalue weighted by Crippen LogP contribution is 2.17. The second-order valence-corrected chi connectivity index (χ2v) is 5.52. The smallest absolute Gasteiger partial charge is 0.413 e. The molecule has 1 aromatic heterocycles. The van der Waals surface area contributed by atoms with Crippen molar-refractivity contribution in [2.45, 2.75) is 32.9 Å². The van der Waals surface area contributed by atoms with Crippen LogP contribution in [0, 0.1) is 4.77 Å². The fourth-order valence-electron chi connectivity index (χ4n) is 2.09. The third-order valence-corrected chi connectivity index (χ3v) is 3.75. The number of H-pyrrole nitrogens is 1. The molecule has 0 saturated carbocycles. The molecule has 2 aromatic rings. The first kappa shape index (κ1) is 17.0. The molecule has 1 unspecified atom stereocenters. The number of carbonyl (C=O) groups is 1. The first-order chi connectivity index (χ1) is 11.0. The Bertz CT molecular complexity index is 783. The normalized spacial score (nSPS) is 11.7. The summed E-state index contributed by atoms with van der Waals surface area (Å²) in [6, 6.07) is 10.7. The van der Waals surface area contributed by atoms with E-state index in [0.29, 0.717) is 5.82 Å². The summed E-state index contributed by atoms with van der Waals surface area (Å²) in [5.74, 6) is 0.325. The number of aromatic nitrogens is 2. The minimum absolute atomic E-state index is 0.0313. The van der Waals surface area contributed by atoms with Crippen LogP contribution in [0.25, 0.3) is 0 Å². The molecular formula is C16H19N3O3S. The molecule has 0 spiro atoms. The molecular weight excluding hydrogens is 314 g/mol. The molecule has 0 fully saturated rings. The van der Waals surface area contributed by atoms with Crippen LogP contribution >= 0.6 is 12.2 Å². The lowest BCUT2D eigenvalue weighted by Crippen LogP contribution is -2.23. The van der Waals surface area contributed by atoms with Crippen molar-refractivity contribution < 1.29 is 9.53 Å². The van der Waals surface area contributed by atoms with E-state index < -0.39 is 6.09 Å². The number of carbonyl (C=O) groups excluding carboxylic acids is 1. The van der Waals surface area contributed by atoms with E-state index in [-0.39, 0.29) is 23.0 Å². The zero-order chi connectivity index (χ0) is 16.8. The van der Waals surface area contributed by atoms with Gasteiger partial charge in [0.1, 0.15) is 12.4 Å². The van der Waals surface area contributed by atoms with Gasteiger partial charge >= 0.3 is 6.09 Å². The zero-order valence-electron chi connectivity index (χ0n) is 13.0. The maximum Gasteiger partial charge on any atom is 0.413 e. The summed E-state index contributed by atoms with van der Waals surface area (Å²) in [5.41, 5.74) is 0.514. The zero-order valence-corrected chi connectivity index (χ0v) is 13.9. The van der Waals surface area contributed by atoms with Crippen LogP contribution in [0.5, 0.6) is 0 Å². The van der Waals surface area contributed by atoms with Gasteiger partial charge in [0.2, 0.25) is 0 Å². The molecule has 122 valence electrons. The minimum atomic E-state index is -0.633. The molecule has 0 radical (unpaired) electrons. The average Bonchev–Trinajstić information content (AvgIpc) is 2.53. The van der Waals surface area contributed by atoms with Crippen LogP contribution in [-0.4, -0.2) is 15.6 Å². The summed E-state index contributed by atoms with van der Waals surface area (Å²) in [6.07, 6.45) is 0.166.